The minimum atomic E-state index is -2.30. The first-order valence-corrected chi connectivity index (χ1v) is 11.9. The molecular formula is C25H27F2N5O3. The SMILES string of the molecule is CC1(C)Cc2cc(NC(=O)c3cnn4cccnc34)c(OC[C@@H]3[C@H]4CN(CC(F)F)C[C@@H]34)cc2O1. The van der Waals surface area contributed by atoms with E-state index >= 15 is 0 Å². The number of carbonyl (C=O) groups excluding carboxylic acids is 1. The van der Waals surface area contributed by atoms with Crippen molar-refractivity contribution in [3.8, 4) is 11.5 Å². The van der Waals surface area contributed by atoms with E-state index < -0.39 is 6.43 Å². The molecule has 8 nitrogen and oxygen atoms in total. The van der Waals surface area contributed by atoms with Crippen LogP contribution in [0.5, 0.6) is 11.5 Å². The van der Waals surface area contributed by atoms with Crippen molar-refractivity contribution in [2.75, 3.05) is 31.6 Å². The summed E-state index contributed by atoms with van der Waals surface area (Å²) in [6, 6.07) is 5.50. The smallest absolute Gasteiger partial charge is 0.261 e. The first-order valence-electron chi connectivity index (χ1n) is 11.9. The Hall–Kier alpha value is -3.27. The Morgan fingerprint density at radius 2 is 2.11 bits per heavy atom. The Bertz CT molecular complexity index is 1280. The Labute approximate surface area is 201 Å². The number of fused-ring (bicyclic) bond motifs is 3. The van der Waals surface area contributed by atoms with Gasteiger partial charge < -0.3 is 14.8 Å². The highest BCUT2D eigenvalue weighted by Crippen LogP contribution is 2.52. The lowest BCUT2D eigenvalue weighted by Gasteiger charge is -2.19. The summed E-state index contributed by atoms with van der Waals surface area (Å²) in [5, 5.41) is 7.18. The van der Waals surface area contributed by atoms with Gasteiger partial charge in [0.15, 0.2) is 5.65 Å². The van der Waals surface area contributed by atoms with Crippen molar-refractivity contribution in [1.82, 2.24) is 19.5 Å². The number of ether oxygens (including phenoxy) is 2. The van der Waals surface area contributed by atoms with Crippen LogP contribution in [-0.4, -0.2) is 63.7 Å². The van der Waals surface area contributed by atoms with Crippen molar-refractivity contribution in [2.24, 2.45) is 17.8 Å². The molecule has 3 aliphatic rings. The van der Waals surface area contributed by atoms with E-state index in [2.05, 4.69) is 15.4 Å². The van der Waals surface area contributed by atoms with Crippen molar-refractivity contribution in [1.29, 1.82) is 0 Å². The summed E-state index contributed by atoms with van der Waals surface area (Å²) >= 11 is 0. The molecule has 0 spiro atoms. The molecule has 4 heterocycles. The summed E-state index contributed by atoms with van der Waals surface area (Å²) in [6.45, 7) is 5.74. The van der Waals surface area contributed by atoms with E-state index in [4.69, 9.17) is 9.47 Å². The fourth-order valence-corrected chi connectivity index (χ4v) is 5.54. The minimum Gasteiger partial charge on any atom is -0.491 e. The molecule has 2 fully saturated rings. The second-order valence-corrected chi connectivity index (χ2v) is 10.3. The van der Waals surface area contributed by atoms with Crippen LogP contribution in [0.25, 0.3) is 5.65 Å². The van der Waals surface area contributed by atoms with Gasteiger partial charge in [-0.1, -0.05) is 0 Å². The maximum absolute atomic E-state index is 13.1. The highest BCUT2D eigenvalue weighted by molar-refractivity contribution is 6.08. The summed E-state index contributed by atoms with van der Waals surface area (Å²) in [5.41, 5.74) is 2.06. The van der Waals surface area contributed by atoms with E-state index in [9.17, 15) is 13.6 Å². The van der Waals surface area contributed by atoms with Crippen molar-refractivity contribution < 1.29 is 23.0 Å². The average molecular weight is 484 g/mol. The Balaban J connectivity index is 1.20. The number of carbonyl (C=O) groups is 1. The Kier molecular flexibility index (Phi) is 5.17. The Morgan fingerprint density at radius 3 is 2.89 bits per heavy atom. The summed E-state index contributed by atoms with van der Waals surface area (Å²) in [5.74, 6) is 2.07. The van der Waals surface area contributed by atoms with E-state index in [-0.39, 0.29) is 18.1 Å². The van der Waals surface area contributed by atoms with E-state index in [1.807, 2.05) is 30.9 Å². The number of aromatic nitrogens is 3. The van der Waals surface area contributed by atoms with Crippen LogP contribution in [0, 0.1) is 17.8 Å². The maximum atomic E-state index is 13.1. The van der Waals surface area contributed by atoms with Crippen LogP contribution in [0.1, 0.15) is 29.8 Å². The largest absolute Gasteiger partial charge is 0.491 e. The third-order valence-electron chi connectivity index (χ3n) is 7.21. The highest BCUT2D eigenvalue weighted by Gasteiger charge is 2.56. The lowest BCUT2D eigenvalue weighted by Crippen LogP contribution is -2.30. The molecule has 3 aromatic rings. The standard InChI is InChI=1S/C25H27F2N5O3/c1-25(2)8-14-6-19(30-24(33)15-9-29-32-5-3-4-28-23(15)32)21(7-20(14)35-25)34-13-18-16-10-31(11-17(16)18)12-22(26)27/h3-7,9,16-18,22H,8,10-13H2,1-2H3,(H,30,33)/t16-,17+,18+. The third-order valence-corrected chi connectivity index (χ3v) is 7.21. The van der Waals surface area contributed by atoms with Gasteiger partial charge in [-0.15, -0.1) is 0 Å². The van der Waals surface area contributed by atoms with Crippen LogP contribution in [0.3, 0.4) is 0 Å². The highest BCUT2D eigenvalue weighted by atomic mass is 19.3. The topological polar surface area (TPSA) is 81.0 Å². The van der Waals surface area contributed by atoms with Gasteiger partial charge in [0.2, 0.25) is 0 Å². The number of rotatable bonds is 7. The number of benzene rings is 1. The molecule has 1 amide bonds. The molecule has 1 aliphatic carbocycles. The predicted octanol–water partition coefficient (Wildman–Crippen LogP) is 3.52. The first kappa shape index (κ1) is 22.2. The fraction of sp³-hybridized carbons (Fsp3) is 0.480. The normalized spacial score (nSPS) is 24.3. The average Bonchev–Trinajstić information content (AvgIpc) is 3.16. The minimum absolute atomic E-state index is 0.160. The quantitative estimate of drug-likeness (QED) is 0.554. The molecule has 0 bridgehead atoms. The van der Waals surface area contributed by atoms with Crippen LogP contribution in [0.2, 0.25) is 0 Å². The van der Waals surface area contributed by atoms with E-state index in [1.165, 1.54) is 6.20 Å². The summed E-state index contributed by atoms with van der Waals surface area (Å²) < 4.78 is 39.2. The number of hydrogen-bond donors (Lipinski definition) is 1. The zero-order chi connectivity index (χ0) is 24.3. The van der Waals surface area contributed by atoms with Gasteiger partial charge in [-0.05, 0) is 37.8 Å². The van der Waals surface area contributed by atoms with Crippen molar-refractivity contribution in [3.05, 3.63) is 47.9 Å². The second-order valence-electron chi connectivity index (χ2n) is 10.3. The molecule has 6 rings (SSSR count). The number of alkyl halides is 2. The molecule has 1 N–H and O–H groups in total. The molecule has 1 saturated carbocycles. The van der Waals surface area contributed by atoms with Crippen LogP contribution in [0.15, 0.2) is 36.8 Å². The van der Waals surface area contributed by atoms with Gasteiger partial charge in [0.1, 0.15) is 22.7 Å². The zero-order valence-corrected chi connectivity index (χ0v) is 19.6. The van der Waals surface area contributed by atoms with Crippen molar-refractivity contribution >= 4 is 17.2 Å². The lowest BCUT2D eigenvalue weighted by atomic mass is 10.0. The molecule has 0 unspecified atom stereocenters. The number of halogens is 2. The molecule has 184 valence electrons. The molecular weight excluding hydrogens is 456 g/mol. The number of likely N-dealkylation sites (tertiary alicyclic amines) is 1. The van der Waals surface area contributed by atoms with Gasteiger partial charge in [-0.3, -0.25) is 9.69 Å². The van der Waals surface area contributed by atoms with E-state index in [1.54, 1.807) is 23.0 Å². The van der Waals surface area contributed by atoms with E-state index in [0.717, 1.165) is 17.7 Å². The molecule has 0 radical (unpaired) electrons. The monoisotopic (exact) mass is 483 g/mol. The number of nitrogens with zero attached hydrogens (tertiary/aromatic N) is 4. The van der Waals surface area contributed by atoms with Crippen molar-refractivity contribution in [2.45, 2.75) is 32.3 Å². The molecule has 2 aromatic heterocycles. The fourth-order valence-electron chi connectivity index (χ4n) is 5.54. The van der Waals surface area contributed by atoms with Gasteiger partial charge in [-0.25, -0.2) is 18.3 Å². The summed E-state index contributed by atoms with van der Waals surface area (Å²) in [7, 11) is 0. The van der Waals surface area contributed by atoms with Gasteiger partial charge in [0.25, 0.3) is 12.3 Å². The number of nitrogens with one attached hydrogen (secondary N) is 1. The maximum Gasteiger partial charge on any atom is 0.261 e. The zero-order valence-electron chi connectivity index (χ0n) is 19.6. The first-order chi connectivity index (χ1) is 16.8. The molecule has 35 heavy (non-hydrogen) atoms. The van der Waals surface area contributed by atoms with Crippen LogP contribution in [0.4, 0.5) is 14.5 Å². The van der Waals surface area contributed by atoms with Crippen LogP contribution >= 0.6 is 0 Å². The summed E-state index contributed by atoms with van der Waals surface area (Å²) in [6.07, 6.45) is 3.27. The molecule has 1 aromatic carbocycles. The van der Waals surface area contributed by atoms with E-state index in [0.29, 0.717) is 60.1 Å². The Morgan fingerprint density at radius 1 is 1.31 bits per heavy atom. The molecule has 1 saturated heterocycles. The lowest BCUT2D eigenvalue weighted by molar-refractivity contribution is 0.0900. The van der Waals surface area contributed by atoms with Crippen LogP contribution in [-0.2, 0) is 6.42 Å². The van der Waals surface area contributed by atoms with Gasteiger partial charge in [0, 0.05) is 49.5 Å². The van der Waals surface area contributed by atoms with Gasteiger partial charge >= 0.3 is 0 Å². The molecule has 10 heteroatoms. The second kappa shape index (κ2) is 8.15. The number of hydrogen-bond acceptors (Lipinski definition) is 6. The third kappa shape index (κ3) is 4.20. The number of amides is 1. The van der Waals surface area contributed by atoms with Gasteiger partial charge in [-0.2, -0.15) is 5.10 Å². The number of piperidine rings is 1. The predicted molar refractivity (Wildman–Crippen MR) is 124 cm³/mol. The summed E-state index contributed by atoms with van der Waals surface area (Å²) in [4.78, 5) is 19.2. The van der Waals surface area contributed by atoms with Gasteiger partial charge in [0.05, 0.1) is 25.0 Å². The number of anilines is 1. The van der Waals surface area contributed by atoms with Crippen molar-refractivity contribution in [3.63, 3.8) is 0 Å². The molecule has 3 atom stereocenters. The molecule has 2 aliphatic heterocycles. The van der Waals surface area contributed by atoms with Crippen LogP contribution < -0.4 is 14.8 Å².